The first-order valence-electron chi connectivity index (χ1n) is 4.37. The molecule has 4 nitrogen and oxygen atoms in total. The molecule has 0 aromatic heterocycles. The van der Waals surface area contributed by atoms with Gasteiger partial charge in [0.05, 0.1) is 0 Å². The van der Waals surface area contributed by atoms with Gasteiger partial charge in [-0.25, -0.2) is 0 Å². The van der Waals surface area contributed by atoms with Crippen LogP contribution in [0.1, 0.15) is 10.8 Å². The van der Waals surface area contributed by atoms with Crippen LogP contribution in [-0.4, -0.2) is 15.1 Å². The SMILES string of the molecule is C=CC(c1ccccc1)S(=O)(=O)OCN. The fourth-order valence-electron chi connectivity index (χ4n) is 1.23. The van der Waals surface area contributed by atoms with E-state index in [-0.39, 0.29) is 6.73 Å². The largest absolute Gasteiger partial charge is 0.307 e. The van der Waals surface area contributed by atoms with E-state index in [1.165, 1.54) is 6.08 Å². The molecule has 0 aliphatic rings. The first kappa shape index (κ1) is 11.9. The molecule has 0 saturated carbocycles. The van der Waals surface area contributed by atoms with E-state index in [1.54, 1.807) is 30.3 Å². The highest BCUT2D eigenvalue weighted by Gasteiger charge is 2.24. The Hall–Kier alpha value is -1.17. The predicted octanol–water partition coefficient (Wildman–Crippen LogP) is 1.18. The molecule has 0 saturated heterocycles. The fourth-order valence-corrected chi connectivity index (χ4v) is 2.29. The summed E-state index contributed by atoms with van der Waals surface area (Å²) in [5, 5.41) is -0.873. The van der Waals surface area contributed by atoms with E-state index in [1.807, 2.05) is 0 Å². The summed E-state index contributed by atoms with van der Waals surface area (Å²) in [6.45, 7) is 3.12. The van der Waals surface area contributed by atoms with Crippen LogP contribution in [0.25, 0.3) is 0 Å². The van der Waals surface area contributed by atoms with E-state index in [2.05, 4.69) is 10.8 Å². The van der Waals surface area contributed by atoms with Crippen molar-refractivity contribution in [3.63, 3.8) is 0 Å². The van der Waals surface area contributed by atoms with E-state index < -0.39 is 15.4 Å². The maximum atomic E-state index is 11.6. The molecular weight excluding hydrogens is 214 g/mol. The van der Waals surface area contributed by atoms with Crippen molar-refractivity contribution >= 4 is 10.1 Å². The Kier molecular flexibility index (Phi) is 4.02. The van der Waals surface area contributed by atoms with Gasteiger partial charge in [0.15, 0.2) is 0 Å². The van der Waals surface area contributed by atoms with Gasteiger partial charge in [0, 0.05) is 0 Å². The van der Waals surface area contributed by atoms with Crippen molar-refractivity contribution in [2.24, 2.45) is 5.73 Å². The lowest BCUT2D eigenvalue weighted by molar-refractivity contribution is 0.325. The van der Waals surface area contributed by atoms with E-state index >= 15 is 0 Å². The zero-order valence-electron chi connectivity index (χ0n) is 8.17. The topological polar surface area (TPSA) is 69.4 Å². The van der Waals surface area contributed by atoms with Gasteiger partial charge in [0.2, 0.25) is 0 Å². The summed E-state index contributed by atoms with van der Waals surface area (Å²) in [7, 11) is -3.72. The van der Waals surface area contributed by atoms with Crippen LogP contribution in [-0.2, 0) is 14.3 Å². The van der Waals surface area contributed by atoms with Crippen LogP contribution in [0.2, 0.25) is 0 Å². The summed E-state index contributed by atoms with van der Waals surface area (Å²) in [5.41, 5.74) is 5.66. The Morgan fingerprint density at radius 3 is 2.47 bits per heavy atom. The molecule has 1 aromatic carbocycles. The van der Waals surface area contributed by atoms with E-state index in [0.717, 1.165) is 0 Å². The van der Waals surface area contributed by atoms with Crippen LogP contribution >= 0.6 is 0 Å². The summed E-state index contributed by atoms with van der Waals surface area (Å²) in [6.07, 6.45) is 1.32. The number of rotatable bonds is 5. The average molecular weight is 227 g/mol. The van der Waals surface area contributed by atoms with E-state index in [0.29, 0.717) is 5.56 Å². The number of hydrogen-bond acceptors (Lipinski definition) is 4. The minimum atomic E-state index is -3.72. The molecule has 0 spiro atoms. The Morgan fingerprint density at radius 2 is 2.00 bits per heavy atom. The molecule has 1 atom stereocenters. The molecule has 2 N–H and O–H groups in total. The van der Waals surface area contributed by atoms with Gasteiger partial charge in [-0.1, -0.05) is 36.4 Å². The second-order valence-electron chi connectivity index (χ2n) is 2.84. The molecule has 15 heavy (non-hydrogen) atoms. The monoisotopic (exact) mass is 227 g/mol. The van der Waals surface area contributed by atoms with Gasteiger partial charge in [0.1, 0.15) is 12.0 Å². The van der Waals surface area contributed by atoms with Crippen LogP contribution < -0.4 is 5.73 Å². The number of benzene rings is 1. The van der Waals surface area contributed by atoms with Gasteiger partial charge in [-0.05, 0) is 5.56 Å². The second kappa shape index (κ2) is 5.06. The van der Waals surface area contributed by atoms with E-state index in [9.17, 15) is 8.42 Å². The maximum absolute atomic E-state index is 11.6. The van der Waals surface area contributed by atoms with Gasteiger partial charge in [-0.15, -0.1) is 6.58 Å². The summed E-state index contributed by atoms with van der Waals surface area (Å²) in [6, 6.07) is 8.71. The Balaban J connectivity index is 3.05. The van der Waals surface area contributed by atoms with Crippen molar-refractivity contribution in [3.05, 3.63) is 48.6 Å². The lowest BCUT2D eigenvalue weighted by atomic mass is 10.1. The van der Waals surface area contributed by atoms with Gasteiger partial charge in [-0.2, -0.15) is 8.42 Å². The van der Waals surface area contributed by atoms with Crippen molar-refractivity contribution in [1.29, 1.82) is 0 Å². The molecule has 0 aliphatic heterocycles. The fraction of sp³-hybridized carbons (Fsp3) is 0.200. The summed E-state index contributed by atoms with van der Waals surface area (Å²) >= 11 is 0. The highest BCUT2D eigenvalue weighted by molar-refractivity contribution is 7.87. The maximum Gasteiger partial charge on any atom is 0.279 e. The first-order valence-corrected chi connectivity index (χ1v) is 5.84. The van der Waals surface area contributed by atoms with Crippen molar-refractivity contribution in [2.75, 3.05) is 6.73 Å². The Bertz CT molecular complexity index is 414. The third-order valence-corrected chi connectivity index (χ3v) is 3.44. The van der Waals surface area contributed by atoms with Crippen LogP contribution in [0.3, 0.4) is 0 Å². The normalized spacial score (nSPS) is 13.4. The zero-order chi connectivity index (χ0) is 11.3. The molecule has 0 bridgehead atoms. The quantitative estimate of drug-likeness (QED) is 0.466. The van der Waals surface area contributed by atoms with E-state index in [4.69, 9.17) is 5.73 Å². The molecule has 1 rings (SSSR count). The van der Waals surface area contributed by atoms with Crippen LogP contribution in [0, 0.1) is 0 Å². The highest BCUT2D eigenvalue weighted by Crippen LogP contribution is 2.24. The van der Waals surface area contributed by atoms with Crippen LogP contribution in [0.5, 0.6) is 0 Å². The van der Waals surface area contributed by atoms with Gasteiger partial charge in [0.25, 0.3) is 10.1 Å². The molecule has 5 heteroatoms. The second-order valence-corrected chi connectivity index (χ2v) is 4.57. The molecule has 1 unspecified atom stereocenters. The van der Waals surface area contributed by atoms with Gasteiger partial charge in [-0.3, -0.25) is 4.18 Å². The van der Waals surface area contributed by atoms with Crippen LogP contribution in [0.4, 0.5) is 0 Å². The zero-order valence-corrected chi connectivity index (χ0v) is 8.98. The molecular formula is C10H13NO3S. The Morgan fingerprint density at radius 1 is 1.40 bits per heavy atom. The Labute approximate surface area is 89.5 Å². The predicted molar refractivity (Wildman–Crippen MR) is 58.4 cm³/mol. The minimum Gasteiger partial charge on any atom is -0.307 e. The van der Waals surface area contributed by atoms with Crippen molar-refractivity contribution in [3.8, 4) is 0 Å². The van der Waals surface area contributed by atoms with Crippen LogP contribution in [0.15, 0.2) is 43.0 Å². The molecule has 0 radical (unpaired) electrons. The van der Waals surface area contributed by atoms with Crippen molar-refractivity contribution < 1.29 is 12.6 Å². The molecule has 0 amide bonds. The summed E-state index contributed by atoms with van der Waals surface area (Å²) < 4.78 is 27.7. The molecule has 0 heterocycles. The number of hydrogen-bond donors (Lipinski definition) is 1. The third-order valence-electron chi connectivity index (χ3n) is 1.89. The molecule has 0 fully saturated rings. The molecule has 1 aromatic rings. The van der Waals surface area contributed by atoms with Crippen molar-refractivity contribution in [2.45, 2.75) is 5.25 Å². The summed E-state index contributed by atoms with van der Waals surface area (Å²) in [4.78, 5) is 0. The minimum absolute atomic E-state index is 0.362. The lowest BCUT2D eigenvalue weighted by Gasteiger charge is -2.12. The number of nitrogens with two attached hydrogens (primary N) is 1. The van der Waals surface area contributed by atoms with Gasteiger partial charge >= 0.3 is 0 Å². The summed E-state index contributed by atoms with van der Waals surface area (Å²) in [5.74, 6) is 0. The van der Waals surface area contributed by atoms with Crippen molar-refractivity contribution in [1.82, 2.24) is 0 Å². The first-order chi connectivity index (χ1) is 7.11. The molecule has 82 valence electrons. The van der Waals surface area contributed by atoms with Gasteiger partial charge < -0.3 is 5.73 Å². The third kappa shape index (κ3) is 2.89. The lowest BCUT2D eigenvalue weighted by Crippen LogP contribution is -2.18. The smallest absolute Gasteiger partial charge is 0.279 e. The molecule has 0 aliphatic carbocycles. The average Bonchev–Trinajstić information content (AvgIpc) is 2.19. The standard InChI is InChI=1S/C10H13NO3S/c1-2-10(15(12,13)14-8-11)9-6-4-3-5-7-9/h2-7,10H,1,8,11H2. The highest BCUT2D eigenvalue weighted by atomic mass is 32.2.